The van der Waals surface area contributed by atoms with Crippen molar-refractivity contribution in [3.8, 4) is 12.3 Å². The van der Waals surface area contributed by atoms with Crippen molar-refractivity contribution in [1.29, 1.82) is 0 Å². The van der Waals surface area contributed by atoms with E-state index in [0.29, 0.717) is 13.0 Å². The number of unbranched alkanes of at least 4 members (excludes halogenated alkanes) is 1. The molecule has 3 heteroatoms. The largest absolute Gasteiger partial charge is 0.268 e. The minimum absolute atomic E-state index is 0.0583. The second-order valence-corrected chi connectivity index (χ2v) is 2.90. The van der Waals surface area contributed by atoms with Crippen LogP contribution in [0.25, 0.3) is 0 Å². The van der Waals surface area contributed by atoms with Crippen molar-refractivity contribution in [3.05, 3.63) is 28.2 Å². The summed E-state index contributed by atoms with van der Waals surface area (Å²) in [4.78, 5) is 11.3. The van der Waals surface area contributed by atoms with Crippen LogP contribution < -0.4 is 5.56 Å². The van der Waals surface area contributed by atoms with Crippen LogP contribution in [-0.2, 0) is 6.54 Å². The van der Waals surface area contributed by atoms with Gasteiger partial charge in [-0.15, -0.1) is 12.3 Å². The number of aryl methyl sites for hydroxylation is 2. The number of hydrogen-bond acceptors (Lipinski definition) is 2. The highest BCUT2D eigenvalue weighted by Crippen LogP contribution is 1.91. The zero-order valence-corrected chi connectivity index (χ0v) is 7.66. The normalized spacial score (nSPS) is 9.54. The second kappa shape index (κ2) is 4.46. The molecule has 0 radical (unpaired) electrons. The minimum atomic E-state index is -0.0583. The maximum Gasteiger partial charge on any atom is 0.266 e. The van der Waals surface area contributed by atoms with Crippen LogP contribution in [0.4, 0.5) is 0 Å². The fourth-order valence-corrected chi connectivity index (χ4v) is 1.02. The van der Waals surface area contributed by atoms with Gasteiger partial charge in [0.05, 0.1) is 6.20 Å². The van der Waals surface area contributed by atoms with E-state index >= 15 is 0 Å². The molecule has 0 amide bonds. The van der Waals surface area contributed by atoms with Gasteiger partial charge < -0.3 is 0 Å². The number of aromatic nitrogens is 2. The Morgan fingerprint density at radius 3 is 3.08 bits per heavy atom. The number of rotatable bonds is 3. The molecule has 0 fully saturated rings. The summed E-state index contributed by atoms with van der Waals surface area (Å²) in [5, 5.41) is 3.99. The van der Waals surface area contributed by atoms with Crippen molar-refractivity contribution in [1.82, 2.24) is 9.78 Å². The average molecular weight is 176 g/mol. The molecule has 0 aliphatic carbocycles. The standard InChI is InChI=1S/C10H12N2O/c1-3-4-5-6-12-10(13)7-9(2)8-11-12/h1,7-8H,4-6H2,2H3. The summed E-state index contributed by atoms with van der Waals surface area (Å²) < 4.78 is 1.43. The predicted molar refractivity (Wildman–Crippen MR) is 51.3 cm³/mol. The lowest BCUT2D eigenvalue weighted by Gasteiger charge is -2.01. The average Bonchev–Trinajstić information content (AvgIpc) is 2.09. The SMILES string of the molecule is C#CCCCn1ncc(C)cc1=O. The lowest BCUT2D eigenvalue weighted by atomic mass is 10.3. The highest BCUT2D eigenvalue weighted by molar-refractivity contribution is 5.02. The van der Waals surface area contributed by atoms with E-state index in [-0.39, 0.29) is 5.56 Å². The lowest BCUT2D eigenvalue weighted by molar-refractivity contribution is 0.553. The van der Waals surface area contributed by atoms with Crippen molar-refractivity contribution in [3.63, 3.8) is 0 Å². The fraction of sp³-hybridized carbons (Fsp3) is 0.400. The zero-order chi connectivity index (χ0) is 9.68. The molecule has 68 valence electrons. The zero-order valence-electron chi connectivity index (χ0n) is 7.66. The Morgan fingerprint density at radius 2 is 2.46 bits per heavy atom. The van der Waals surface area contributed by atoms with Crippen LogP contribution in [-0.4, -0.2) is 9.78 Å². The first-order chi connectivity index (χ1) is 6.24. The molecule has 1 aromatic rings. The number of nitrogens with zero attached hydrogens (tertiary/aromatic N) is 2. The highest BCUT2D eigenvalue weighted by atomic mass is 16.1. The number of hydrogen-bond donors (Lipinski definition) is 0. The van der Waals surface area contributed by atoms with Crippen molar-refractivity contribution >= 4 is 0 Å². The Labute approximate surface area is 77.4 Å². The van der Waals surface area contributed by atoms with Gasteiger partial charge >= 0.3 is 0 Å². The second-order valence-electron chi connectivity index (χ2n) is 2.90. The van der Waals surface area contributed by atoms with E-state index in [1.807, 2.05) is 6.92 Å². The Hall–Kier alpha value is -1.56. The quantitative estimate of drug-likeness (QED) is 0.508. The minimum Gasteiger partial charge on any atom is -0.268 e. The molecule has 0 aliphatic rings. The number of terminal acetylenes is 1. The molecule has 0 aliphatic heterocycles. The first-order valence-corrected chi connectivity index (χ1v) is 4.21. The summed E-state index contributed by atoms with van der Waals surface area (Å²) in [6.07, 6.45) is 8.26. The molecule has 0 atom stereocenters. The Kier molecular flexibility index (Phi) is 3.27. The van der Waals surface area contributed by atoms with Crippen LogP contribution in [0.5, 0.6) is 0 Å². The van der Waals surface area contributed by atoms with Crippen LogP contribution in [0.1, 0.15) is 18.4 Å². The molecule has 0 aromatic carbocycles. The predicted octanol–water partition coefficient (Wildman–Crippen LogP) is 0.965. The molecule has 0 saturated heterocycles. The Bertz CT molecular complexity index is 373. The van der Waals surface area contributed by atoms with Crippen molar-refractivity contribution in [2.45, 2.75) is 26.3 Å². The Balaban J connectivity index is 2.68. The van der Waals surface area contributed by atoms with Crippen molar-refractivity contribution in [2.24, 2.45) is 0 Å². The molecule has 0 unspecified atom stereocenters. The van der Waals surface area contributed by atoms with Gasteiger partial charge in [0.15, 0.2) is 0 Å². The summed E-state index contributed by atoms with van der Waals surface area (Å²) in [7, 11) is 0. The van der Waals surface area contributed by atoms with Gasteiger partial charge in [-0.2, -0.15) is 5.10 Å². The van der Waals surface area contributed by atoms with Crippen LogP contribution in [0, 0.1) is 19.3 Å². The van der Waals surface area contributed by atoms with Gasteiger partial charge in [-0.05, 0) is 18.9 Å². The summed E-state index contributed by atoms with van der Waals surface area (Å²) in [5.41, 5.74) is 0.829. The highest BCUT2D eigenvalue weighted by Gasteiger charge is 1.95. The van der Waals surface area contributed by atoms with Gasteiger partial charge in [0, 0.05) is 19.0 Å². The fourth-order valence-electron chi connectivity index (χ4n) is 1.02. The summed E-state index contributed by atoms with van der Waals surface area (Å²) >= 11 is 0. The monoisotopic (exact) mass is 176 g/mol. The van der Waals surface area contributed by atoms with Gasteiger partial charge in [-0.25, -0.2) is 4.68 Å². The summed E-state index contributed by atoms with van der Waals surface area (Å²) in [6, 6.07) is 1.57. The molecule has 1 aromatic heterocycles. The first kappa shape index (κ1) is 9.53. The van der Waals surface area contributed by atoms with Crippen molar-refractivity contribution < 1.29 is 0 Å². The van der Waals surface area contributed by atoms with Gasteiger partial charge in [-0.1, -0.05) is 0 Å². The van der Waals surface area contributed by atoms with E-state index in [4.69, 9.17) is 6.42 Å². The van der Waals surface area contributed by atoms with E-state index in [2.05, 4.69) is 11.0 Å². The van der Waals surface area contributed by atoms with E-state index in [1.54, 1.807) is 12.3 Å². The summed E-state index contributed by atoms with van der Waals surface area (Å²) in [6.45, 7) is 2.45. The maximum atomic E-state index is 11.3. The van der Waals surface area contributed by atoms with Crippen LogP contribution >= 0.6 is 0 Å². The topological polar surface area (TPSA) is 34.9 Å². The third-order valence-electron chi connectivity index (χ3n) is 1.70. The van der Waals surface area contributed by atoms with E-state index < -0.39 is 0 Å². The molecule has 0 spiro atoms. The first-order valence-electron chi connectivity index (χ1n) is 4.21. The smallest absolute Gasteiger partial charge is 0.266 e. The summed E-state index contributed by atoms with van der Waals surface area (Å²) in [5.74, 6) is 2.53. The molecule has 13 heavy (non-hydrogen) atoms. The molecule has 3 nitrogen and oxygen atoms in total. The lowest BCUT2D eigenvalue weighted by Crippen LogP contribution is -2.22. The molecule has 0 bridgehead atoms. The molecule has 1 heterocycles. The molecule has 0 N–H and O–H groups in total. The van der Waals surface area contributed by atoms with Gasteiger partial charge in [0.1, 0.15) is 0 Å². The van der Waals surface area contributed by atoms with Crippen molar-refractivity contribution in [2.75, 3.05) is 0 Å². The molecular weight excluding hydrogens is 164 g/mol. The maximum absolute atomic E-state index is 11.3. The van der Waals surface area contributed by atoms with Gasteiger partial charge in [-0.3, -0.25) is 4.79 Å². The van der Waals surface area contributed by atoms with Crippen LogP contribution in [0.3, 0.4) is 0 Å². The van der Waals surface area contributed by atoms with E-state index in [0.717, 1.165) is 12.0 Å². The molecule has 0 saturated carbocycles. The third kappa shape index (κ3) is 2.75. The van der Waals surface area contributed by atoms with Gasteiger partial charge in [0.2, 0.25) is 0 Å². The van der Waals surface area contributed by atoms with Crippen LogP contribution in [0.2, 0.25) is 0 Å². The van der Waals surface area contributed by atoms with E-state index in [1.165, 1.54) is 4.68 Å². The molecule has 1 rings (SSSR count). The third-order valence-corrected chi connectivity index (χ3v) is 1.70. The Morgan fingerprint density at radius 1 is 1.69 bits per heavy atom. The molecular formula is C10H12N2O. The van der Waals surface area contributed by atoms with Crippen LogP contribution in [0.15, 0.2) is 17.1 Å². The van der Waals surface area contributed by atoms with E-state index in [9.17, 15) is 4.79 Å². The van der Waals surface area contributed by atoms with Gasteiger partial charge in [0.25, 0.3) is 5.56 Å².